The van der Waals surface area contributed by atoms with Gasteiger partial charge in [-0.15, -0.1) is 0 Å². The molecule has 92 heavy (non-hydrogen) atoms. The predicted octanol–water partition coefficient (Wildman–Crippen LogP) is 22.6. The lowest BCUT2D eigenvalue weighted by Gasteiger charge is -2.20. The third-order valence-corrected chi connectivity index (χ3v) is 17.3. The van der Waals surface area contributed by atoms with Gasteiger partial charge in [0.05, 0.1) is 78.2 Å². The molecule has 0 unspecified atom stereocenters. The number of hydrogen-bond donors (Lipinski definition) is 0. The number of methoxy groups -OCH3 is 2. The molecule has 0 fully saturated rings. The number of fused-ring (bicyclic) bond motifs is 12. The van der Waals surface area contributed by atoms with Crippen LogP contribution in [0.4, 0.5) is 0 Å². The number of ether oxygens (including phenoxy) is 10. The summed E-state index contributed by atoms with van der Waals surface area (Å²) in [6.07, 6.45) is 25.2. The van der Waals surface area contributed by atoms with Gasteiger partial charge in [-0.2, -0.15) is 0 Å². The Labute approximate surface area is 550 Å². The minimum absolute atomic E-state index is 0.594. The fourth-order valence-electron chi connectivity index (χ4n) is 12.0. The second-order valence-corrected chi connectivity index (χ2v) is 24.5. The van der Waals surface area contributed by atoms with Crippen LogP contribution in [-0.2, 0) is 0 Å². The van der Waals surface area contributed by atoms with E-state index in [2.05, 4.69) is 152 Å². The third-order valence-electron chi connectivity index (χ3n) is 17.3. The lowest BCUT2D eigenvalue weighted by molar-refractivity contribution is 0.260. The summed E-state index contributed by atoms with van der Waals surface area (Å²) in [6.45, 7) is 22.5. The highest BCUT2D eigenvalue weighted by atomic mass is 16.5. The van der Waals surface area contributed by atoms with Crippen molar-refractivity contribution in [2.45, 2.75) is 209 Å². The zero-order valence-electron chi connectivity index (χ0n) is 57.6. The number of hydrogen-bond acceptors (Lipinski definition) is 10. The molecule has 0 saturated heterocycles. The van der Waals surface area contributed by atoms with Crippen LogP contribution >= 0.6 is 0 Å². The molecule has 0 aliphatic rings. The van der Waals surface area contributed by atoms with Crippen molar-refractivity contribution in [1.82, 2.24) is 0 Å². The van der Waals surface area contributed by atoms with E-state index in [9.17, 15) is 0 Å². The van der Waals surface area contributed by atoms with Gasteiger partial charge in [0.2, 0.25) is 0 Å². The Morgan fingerprint density at radius 2 is 0.359 bits per heavy atom. The van der Waals surface area contributed by atoms with Crippen molar-refractivity contribution in [2.24, 2.45) is 0 Å². The highest BCUT2D eigenvalue weighted by Crippen LogP contribution is 2.48. The van der Waals surface area contributed by atoms with Gasteiger partial charge in [0, 0.05) is 0 Å². The summed E-state index contributed by atoms with van der Waals surface area (Å²) < 4.78 is 65.7. The molecule has 0 aliphatic heterocycles. The fraction of sp³-hybridized carbons (Fsp3) is 0.512. The molecule has 0 radical (unpaired) electrons. The maximum atomic E-state index is 6.67. The zero-order chi connectivity index (χ0) is 64.9. The van der Waals surface area contributed by atoms with Gasteiger partial charge >= 0.3 is 0 Å². The first-order valence-electron chi connectivity index (χ1n) is 35.5. The highest BCUT2D eigenvalue weighted by Gasteiger charge is 2.23. The first-order valence-corrected chi connectivity index (χ1v) is 35.5. The standard InChI is InChI=1S/C82H106O10/c1-11-19-29-39-85-75-51-65-61-47-59(73(83-9)49-63(61)67-53-77(87-41-31-21-13-3)81(91-45-35-25-17-7)57-71(67)69(65)55-79(75)89-43-33-23-15-5)37-27-28-38-60-48-62-64(50-74(60)84-10)68-54-78(88-42-32-22-14-4)82(92-46-36-26-18-8)58-72(68)70-56-80(90-44-34-24-16-6)76(52-66(62)70)86-40-30-20-12-2/h47-58H,11-26,29-36,39-46H2,1-10H3. The first-order chi connectivity index (χ1) is 45.3. The van der Waals surface area contributed by atoms with E-state index in [1.807, 2.05) is 0 Å². The van der Waals surface area contributed by atoms with Crippen LogP contribution in [0.25, 0.3) is 64.6 Å². The van der Waals surface area contributed by atoms with Crippen molar-refractivity contribution < 1.29 is 47.4 Å². The van der Waals surface area contributed by atoms with Gasteiger partial charge in [0.15, 0.2) is 46.0 Å². The van der Waals surface area contributed by atoms with E-state index in [0.717, 1.165) is 265 Å². The normalized spacial score (nSPS) is 11.3. The van der Waals surface area contributed by atoms with Crippen molar-refractivity contribution in [2.75, 3.05) is 67.1 Å². The zero-order valence-corrected chi connectivity index (χ0v) is 57.6. The van der Waals surface area contributed by atoms with Gasteiger partial charge in [-0.3, -0.25) is 0 Å². The van der Waals surface area contributed by atoms with Gasteiger partial charge in [-0.05, 0) is 212 Å². The molecule has 10 heteroatoms. The predicted molar refractivity (Wildman–Crippen MR) is 385 cm³/mol. The van der Waals surface area contributed by atoms with Crippen LogP contribution in [0.2, 0.25) is 0 Å². The second kappa shape index (κ2) is 37.8. The monoisotopic (exact) mass is 1250 g/mol. The van der Waals surface area contributed by atoms with E-state index in [1.54, 1.807) is 14.2 Å². The number of rotatable bonds is 42. The summed E-state index contributed by atoms with van der Waals surface area (Å²) in [5.74, 6) is 20.6. The van der Waals surface area contributed by atoms with Crippen LogP contribution in [-0.4, -0.2) is 67.1 Å². The van der Waals surface area contributed by atoms with E-state index in [0.29, 0.717) is 75.5 Å². The molecule has 0 bridgehead atoms. The maximum Gasteiger partial charge on any atom is 0.161 e. The molecule has 0 N–H and O–H groups in total. The molecule has 8 aromatic rings. The number of benzene rings is 8. The second-order valence-electron chi connectivity index (χ2n) is 24.5. The smallest absolute Gasteiger partial charge is 0.161 e. The molecule has 10 nitrogen and oxygen atoms in total. The van der Waals surface area contributed by atoms with Gasteiger partial charge in [0.1, 0.15) is 11.5 Å². The summed E-state index contributed by atoms with van der Waals surface area (Å²) in [7, 11) is 3.41. The quantitative estimate of drug-likeness (QED) is 0.0209. The average Bonchev–Trinajstić information content (AvgIpc) is 0.737. The largest absolute Gasteiger partial charge is 0.495 e. The Kier molecular flexibility index (Phi) is 28.9. The molecule has 0 amide bonds. The van der Waals surface area contributed by atoms with Gasteiger partial charge < -0.3 is 47.4 Å². The van der Waals surface area contributed by atoms with Crippen molar-refractivity contribution >= 4 is 64.6 Å². The molecular weight excluding hydrogens is 1140 g/mol. The molecule has 0 heterocycles. The van der Waals surface area contributed by atoms with Crippen molar-refractivity contribution in [3.63, 3.8) is 0 Å². The van der Waals surface area contributed by atoms with Crippen LogP contribution in [0, 0.1) is 23.7 Å². The van der Waals surface area contributed by atoms with E-state index in [-0.39, 0.29) is 0 Å². The Balaban J connectivity index is 1.32. The Morgan fingerprint density at radius 3 is 0.511 bits per heavy atom. The lowest BCUT2D eigenvalue weighted by Crippen LogP contribution is -2.04. The fourth-order valence-corrected chi connectivity index (χ4v) is 12.0. The molecule has 8 aromatic carbocycles. The van der Waals surface area contributed by atoms with Crippen LogP contribution < -0.4 is 47.4 Å². The van der Waals surface area contributed by atoms with Crippen molar-refractivity contribution in [3.8, 4) is 81.2 Å². The summed E-state index contributed by atoms with van der Waals surface area (Å²) in [5, 5.41) is 12.2. The Bertz CT molecular complexity index is 3540. The number of unbranched alkanes of at least 4 members (excludes halogenated alkanes) is 16. The van der Waals surface area contributed by atoms with E-state index >= 15 is 0 Å². The topological polar surface area (TPSA) is 92.3 Å². The lowest BCUT2D eigenvalue weighted by atomic mass is 9.92. The molecular formula is C82H106O10. The van der Waals surface area contributed by atoms with E-state index in [1.165, 1.54) is 0 Å². The highest BCUT2D eigenvalue weighted by molar-refractivity contribution is 6.28. The Hall–Kier alpha value is -7.56. The maximum absolute atomic E-state index is 6.67. The summed E-state index contributed by atoms with van der Waals surface area (Å²) in [5.41, 5.74) is 1.41. The van der Waals surface area contributed by atoms with Gasteiger partial charge in [0.25, 0.3) is 0 Å². The van der Waals surface area contributed by atoms with Gasteiger partial charge in [-0.25, -0.2) is 0 Å². The molecule has 0 spiro atoms. The molecule has 8 rings (SSSR count). The minimum atomic E-state index is 0.594. The Morgan fingerprint density at radius 1 is 0.207 bits per heavy atom. The van der Waals surface area contributed by atoms with Crippen molar-refractivity contribution in [1.29, 1.82) is 0 Å². The average molecular weight is 1250 g/mol. The molecule has 0 aliphatic carbocycles. The summed E-state index contributed by atoms with van der Waals surface area (Å²) >= 11 is 0. The van der Waals surface area contributed by atoms with Gasteiger partial charge in [-0.1, -0.05) is 158 Å². The minimum Gasteiger partial charge on any atom is -0.495 e. The molecule has 494 valence electrons. The first kappa shape index (κ1) is 70.3. The summed E-state index contributed by atoms with van der Waals surface area (Å²) in [4.78, 5) is 0. The van der Waals surface area contributed by atoms with Crippen molar-refractivity contribution in [3.05, 3.63) is 83.9 Å². The van der Waals surface area contributed by atoms with Crippen LogP contribution in [0.5, 0.6) is 57.5 Å². The third kappa shape index (κ3) is 18.6. The molecule has 0 saturated carbocycles. The van der Waals surface area contributed by atoms with Crippen LogP contribution in [0.15, 0.2) is 72.8 Å². The molecule has 0 aromatic heterocycles. The van der Waals surface area contributed by atoms with Crippen LogP contribution in [0.3, 0.4) is 0 Å². The molecule has 0 atom stereocenters. The van der Waals surface area contributed by atoms with Crippen LogP contribution in [0.1, 0.15) is 221 Å². The SMILES string of the molecule is CCCCCOc1cc2c3cc(C#CC#Cc4cc5c(cc4OC)c4cc(OCCCCC)c(OCCCCC)cc4c4cc(OCCCCC)c(OCCCCC)cc54)c(OC)cc3c3cc(OCCCCC)c(OCCCCC)cc3c2cc1OCCCCC. The van der Waals surface area contributed by atoms with E-state index < -0.39 is 0 Å². The van der Waals surface area contributed by atoms with E-state index in [4.69, 9.17) is 47.4 Å². The summed E-state index contributed by atoms with van der Waals surface area (Å²) in [6, 6.07) is 25.9.